The lowest BCUT2D eigenvalue weighted by molar-refractivity contribution is -0.157. The van der Waals surface area contributed by atoms with Crippen LogP contribution in [0.15, 0.2) is 36.0 Å². The number of benzene rings is 1. The molecule has 3 aromatic rings. The number of hydrogen-bond donors (Lipinski definition) is 1. The van der Waals surface area contributed by atoms with Crippen molar-refractivity contribution in [2.45, 2.75) is 45.8 Å². The summed E-state index contributed by atoms with van der Waals surface area (Å²) >= 11 is 1.38. The number of esters is 1. The third-order valence-electron chi connectivity index (χ3n) is 4.68. The van der Waals surface area contributed by atoms with Crippen molar-refractivity contribution in [2.75, 3.05) is 11.9 Å². The molecule has 0 unspecified atom stereocenters. The lowest BCUT2D eigenvalue weighted by atomic mass is 10.1. The van der Waals surface area contributed by atoms with E-state index in [2.05, 4.69) is 14.9 Å². The van der Waals surface area contributed by atoms with Crippen molar-refractivity contribution in [3.63, 3.8) is 0 Å². The van der Waals surface area contributed by atoms with E-state index in [1.165, 1.54) is 24.2 Å². The van der Waals surface area contributed by atoms with Crippen molar-refractivity contribution in [3.05, 3.63) is 41.5 Å². The highest BCUT2D eigenvalue weighted by atomic mass is 32.1. The highest BCUT2D eigenvalue weighted by molar-refractivity contribution is 7.13. The maximum Gasteiger partial charge on any atom is 0.344 e. The quantitative estimate of drug-likeness (QED) is 0.562. The van der Waals surface area contributed by atoms with Crippen LogP contribution in [0.5, 0.6) is 5.75 Å². The van der Waals surface area contributed by atoms with Crippen LogP contribution < -0.4 is 10.1 Å². The molecule has 0 radical (unpaired) electrons. The molecule has 1 N–H and O–H groups in total. The Morgan fingerprint density at radius 3 is 2.77 bits per heavy atom. The highest BCUT2D eigenvalue weighted by Crippen LogP contribution is 2.34. The van der Waals surface area contributed by atoms with Gasteiger partial charge in [0.2, 0.25) is 0 Å². The predicted molar refractivity (Wildman–Crippen MR) is 116 cm³/mol. The molecule has 1 amide bonds. The van der Waals surface area contributed by atoms with Crippen LogP contribution in [0.1, 0.15) is 44.0 Å². The molecule has 0 atom stereocenters. The zero-order valence-corrected chi connectivity index (χ0v) is 18.1. The normalized spacial score (nSPS) is 14.0. The van der Waals surface area contributed by atoms with Crippen LogP contribution in [0.25, 0.3) is 10.9 Å². The van der Waals surface area contributed by atoms with E-state index < -0.39 is 11.6 Å². The van der Waals surface area contributed by atoms with E-state index in [-0.39, 0.29) is 12.5 Å². The molecule has 0 bridgehead atoms. The van der Waals surface area contributed by atoms with Crippen LogP contribution >= 0.6 is 11.3 Å². The number of hydrogen-bond acceptors (Lipinski definition) is 6. The number of anilines is 1. The van der Waals surface area contributed by atoms with Crippen molar-refractivity contribution in [1.82, 2.24) is 9.55 Å². The van der Waals surface area contributed by atoms with Gasteiger partial charge in [0.25, 0.3) is 5.91 Å². The van der Waals surface area contributed by atoms with Crippen molar-refractivity contribution in [2.24, 2.45) is 5.92 Å². The Morgan fingerprint density at radius 1 is 1.30 bits per heavy atom. The molecule has 158 valence electrons. The Morgan fingerprint density at radius 2 is 2.10 bits per heavy atom. The van der Waals surface area contributed by atoms with Gasteiger partial charge in [-0.1, -0.05) is 0 Å². The summed E-state index contributed by atoms with van der Waals surface area (Å²) in [5, 5.41) is 6.08. The van der Waals surface area contributed by atoms with E-state index in [1.54, 1.807) is 12.3 Å². The molecule has 1 fully saturated rings. The number of ether oxygens (including phenoxy) is 2. The van der Waals surface area contributed by atoms with Gasteiger partial charge < -0.3 is 14.0 Å². The zero-order valence-electron chi connectivity index (χ0n) is 17.3. The molecule has 1 aliphatic rings. The minimum atomic E-state index is -0.553. The molecular weight excluding hydrogens is 402 g/mol. The first-order valence-electron chi connectivity index (χ1n) is 9.97. The van der Waals surface area contributed by atoms with Crippen LogP contribution in [0.4, 0.5) is 5.13 Å². The first kappa shape index (κ1) is 20.4. The van der Waals surface area contributed by atoms with E-state index >= 15 is 0 Å². The van der Waals surface area contributed by atoms with E-state index in [0.29, 0.717) is 22.4 Å². The van der Waals surface area contributed by atoms with Gasteiger partial charge in [-0.2, -0.15) is 0 Å². The Hall–Kier alpha value is -2.87. The second kappa shape index (κ2) is 8.10. The van der Waals surface area contributed by atoms with Gasteiger partial charge >= 0.3 is 5.97 Å². The number of carbonyl (C=O) groups is 2. The van der Waals surface area contributed by atoms with E-state index in [0.717, 1.165) is 17.4 Å². The molecule has 2 aromatic heterocycles. The Bertz CT molecular complexity index is 1060. The van der Waals surface area contributed by atoms with Gasteiger partial charge in [0.15, 0.2) is 11.7 Å². The molecule has 1 saturated carbocycles. The van der Waals surface area contributed by atoms with Gasteiger partial charge in [0.05, 0.1) is 11.1 Å². The molecule has 0 saturated heterocycles. The SMILES string of the molecule is CC(C)(C)OC(=O)COc1ccc2c(C(=O)Nc3nccs3)cn(CC3CC3)c2c1. The van der Waals surface area contributed by atoms with E-state index in [1.807, 2.05) is 44.5 Å². The molecule has 2 heterocycles. The number of thiazole rings is 1. The van der Waals surface area contributed by atoms with Crippen LogP contribution in [0, 0.1) is 5.92 Å². The second-order valence-electron chi connectivity index (χ2n) is 8.48. The fourth-order valence-corrected chi connectivity index (χ4v) is 3.76. The second-order valence-corrected chi connectivity index (χ2v) is 9.38. The third kappa shape index (κ3) is 4.99. The number of amides is 1. The minimum absolute atomic E-state index is 0.163. The summed E-state index contributed by atoms with van der Waals surface area (Å²) in [5.74, 6) is 0.601. The maximum absolute atomic E-state index is 12.8. The van der Waals surface area contributed by atoms with Gasteiger partial charge in [-0.05, 0) is 51.7 Å². The zero-order chi connectivity index (χ0) is 21.3. The molecule has 8 heteroatoms. The molecule has 0 spiro atoms. The molecule has 4 rings (SSSR count). The number of nitrogens with zero attached hydrogens (tertiary/aromatic N) is 2. The molecule has 30 heavy (non-hydrogen) atoms. The molecule has 1 aliphatic carbocycles. The average molecular weight is 428 g/mol. The van der Waals surface area contributed by atoms with Crippen LogP contribution in [-0.4, -0.2) is 33.6 Å². The fraction of sp³-hybridized carbons (Fsp3) is 0.409. The average Bonchev–Trinajstić information content (AvgIpc) is 3.20. The van der Waals surface area contributed by atoms with Crippen molar-refractivity contribution in [1.29, 1.82) is 0 Å². The molecule has 7 nitrogen and oxygen atoms in total. The Balaban J connectivity index is 1.56. The summed E-state index contributed by atoms with van der Waals surface area (Å²) in [6.07, 6.45) is 5.96. The first-order valence-corrected chi connectivity index (χ1v) is 10.8. The number of aromatic nitrogens is 2. The summed E-state index contributed by atoms with van der Waals surface area (Å²) in [6, 6.07) is 5.51. The summed E-state index contributed by atoms with van der Waals surface area (Å²) in [6.45, 7) is 6.15. The Labute approximate surface area is 179 Å². The van der Waals surface area contributed by atoms with Crippen molar-refractivity contribution in [3.8, 4) is 5.75 Å². The van der Waals surface area contributed by atoms with E-state index in [4.69, 9.17) is 9.47 Å². The monoisotopic (exact) mass is 427 g/mol. The molecule has 1 aromatic carbocycles. The topological polar surface area (TPSA) is 82.4 Å². The van der Waals surface area contributed by atoms with Crippen molar-refractivity contribution >= 4 is 39.2 Å². The smallest absolute Gasteiger partial charge is 0.344 e. The first-order chi connectivity index (χ1) is 14.3. The fourth-order valence-electron chi connectivity index (χ4n) is 3.23. The lowest BCUT2D eigenvalue weighted by Gasteiger charge is -2.19. The Kier molecular flexibility index (Phi) is 5.51. The van der Waals surface area contributed by atoms with Gasteiger partial charge in [-0.3, -0.25) is 10.1 Å². The number of nitrogens with one attached hydrogen (secondary N) is 1. The van der Waals surface area contributed by atoms with Crippen LogP contribution in [0.3, 0.4) is 0 Å². The number of carbonyl (C=O) groups excluding carboxylic acids is 2. The number of rotatable bonds is 7. The highest BCUT2D eigenvalue weighted by Gasteiger charge is 2.24. The van der Waals surface area contributed by atoms with E-state index in [9.17, 15) is 9.59 Å². The summed E-state index contributed by atoms with van der Waals surface area (Å²) in [5.41, 5.74) is 0.954. The summed E-state index contributed by atoms with van der Waals surface area (Å²) in [4.78, 5) is 28.9. The van der Waals surface area contributed by atoms with Crippen LogP contribution in [0.2, 0.25) is 0 Å². The maximum atomic E-state index is 12.8. The molecule has 0 aliphatic heterocycles. The largest absolute Gasteiger partial charge is 0.482 e. The number of fused-ring (bicyclic) bond motifs is 1. The minimum Gasteiger partial charge on any atom is -0.482 e. The molecular formula is C22H25N3O4S. The van der Waals surface area contributed by atoms with Gasteiger partial charge in [-0.25, -0.2) is 9.78 Å². The van der Waals surface area contributed by atoms with Gasteiger partial charge in [0.1, 0.15) is 11.4 Å². The van der Waals surface area contributed by atoms with Gasteiger partial charge in [0, 0.05) is 35.8 Å². The summed E-state index contributed by atoms with van der Waals surface area (Å²) < 4.78 is 13.0. The third-order valence-corrected chi connectivity index (χ3v) is 5.37. The van der Waals surface area contributed by atoms with Crippen molar-refractivity contribution < 1.29 is 19.1 Å². The predicted octanol–water partition coefficient (Wildman–Crippen LogP) is 4.48. The van der Waals surface area contributed by atoms with Gasteiger partial charge in [-0.15, -0.1) is 11.3 Å². The lowest BCUT2D eigenvalue weighted by Crippen LogP contribution is -2.27. The summed E-state index contributed by atoms with van der Waals surface area (Å²) in [7, 11) is 0. The standard InChI is InChI=1S/C22H25N3O4S/c1-22(2,3)29-19(26)13-28-15-6-7-16-17(20(27)24-21-23-8-9-30-21)12-25(18(16)10-15)11-14-4-5-14/h6-10,12,14H,4-5,11,13H2,1-3H3,(H,23,24,27). The van der Waals surface area contributed by atoms with Crippen LogP contribution in [-0.2, 0) is 16.1 Å².